The minimum absolute atomic E-state index is 0.223. The predicted octanol–water partition coefficient (Wildman–Crippen LogP) is 0.454. The van der Waals surface area contributed by atoms with Crippen molar-refractivity contribution in [1.29, 1.82) is 0 Å². The fourth-order valence-corrected chi connectivity index (χ4v) is 1.96. The molecule has 0 bridgehead atoms. The third kappa shape index (κ3) is 2.29. The van der Waals surface area contributed by atoms with Crippen LogP contribution >= 0.6 is 0 Å². The van der Waals surface area contributed by atoms with E-state index in [2.05, 4.69) is 10.4 Å². The number of aromatic amines is 1. The number of rotatable bonds is 3. The second kappa shape index (κ2) is 4.31. The highest BCUT2D eigenvalue weighted by Crippen LogP contribution is 2.12. The van der Waals surface area contributed by atoms with E-state index in [-0.39, 0.29) is 10.5 Å². The summed E-state index contributed by atoms with van der Waals surface area (Å²) in [6.07, 6.45) is 0. The molecule has 0 fully saturated rings. The number of aromatic nitrogens is 2. The van der Waals surface area contributed by atoms with Gasteiger partial charge in [0.15, 0.2) is 0 Å². The van der Waals surface area contributed by atoms with Gasteiger partial charge in [-0.15, -0.1) is 0 Å². The van der Waals surface area contributed by atoms with Crippen LogP contribution in [0.4, 0.5) is 5.82 Å². The Morgan fingerprint density at radius 3 is 2.33 bits per heavy atom. The highest BCUT2D eigenvalue weighted by Gasteiger charge is 2.10. The Bertz CT molecular complexity index is 712. The van der Waals surface area contributed by atoms with Crippen molar-refractivity contribution < 1.29 is 13.0 Å². The van der Waals surface area contributed by atoms with E-state index in [0.717, 1.165) is 0 Å². The summed E-state index contributed by atoms with van der Waals surface area (Å²) >= 11 is 0. The number of nitrogens with zero attached hydrogens (tertiary/aromatic N) is 1. The van der Waals surface area contributed by atoms with Gasteiger partial charge in [0.1, 0.15) is 5.82 Å². The second-order valence-corrected chi connectivity index (χ2v) is 4.98. The van der Waals surface area contributed by atoms with Crippen molar-refractivity contribution in [3.05, 3.63) is 40.7 Å². The maximum absolute atomic E-state index is 11.6. The van der Waals surface area contributed by atoms with E-state index in [1.54, 1.807) is 7.05 Å². The van der Waals surface area contributed by atoms with Crippen LogP contribution in [0.3, 0.4) is 0 Å². The smallest absolute Gasteiger partial charge is 0.294 e. The van der Waals surface area contributed by atoms with Gasteiger partial charge in [0, 0.05) is 13.1 Å². The third-order valence-electron chi connectivity index (χ3n) is 2.38. The molecule has 0 atom stereocenters. The molecule has 0 unspecified atom stereocenters. The topological polar surface area (TPSA) is 104 Å². The first-order valence-electron chi connectivity index (χ1n) is 4.99. The Hall–Kier alpha value is -2.06. The first kappa shape index (κ1) is 12.4. The summed E-state index contributed by atoms with van der Waals surface area (Å²) in [6.45, 7) is 0. The average molecular weight is 269 g/mol. The number of H-pyrrole nitrogens is 1. The Labute approximate surface area is 103 Å². The molecule has 0 aliphatic heterocycles. The van der Waals surface area contributed by atoms with Gasteiger partial charge in [-0.1, -0.05) is 0 Å². The average Bonchev–Trinajstić information content (AvgIpc) is 2.70. The lowest BCUT2D eigenvalue weighted by Gasteiger charge is -2.03. The molecule has 8 heteroatoms. The van der Waals surface area contributed by atoms with Crippen molar-refractivity contribution in [3.8, 4) is 5.69 Å². The summed E-state index contributed by atoms with van der Waals surface area (Å²) in [5, 5.41) is 5.57. The van der Waals surface area contributed by atoms with Gasteiger partial charge in [0.2, 0.25) is 0 Å². The van der Waals surface area contributed by atoms with Gasteiger partial charge < -0.3 is 5.32 Å². The lowest BCUT2D eigenvalue weighted by Crippen LogP contribution is -2.13. The molecule has 7 nitrogen and oxygen atoms in total. The minimum Gasteiger partial charge on any atom is -0.373 e. The Kier molecular flexibility index (Phi) is 2.97. The van der Waals surface area contributed by atoms with Crippen molar-refractivity contribution in [3.63, 3.8) is 0 Å². The van der Waals surface area contributed by atoms with E-state index < -0.39 is 10.1 Å². The van der Waals surface area contributed by atoms with Crippen LogP contribution in [0.5, 0.6) is 0 Å². The molecule has 96 valence electrons. The first-order chi connectivity index (χ1) is 8.41. The molecule has 2 rings (SSSR count). The van der Waals surface area contributed by atoms with Crippen molar-refractivity contribution in [2.75, 3.05) is 12.4 Å². The Morgan fingerprint density at radius 2 is 1.89 bits per heavy atom. The fraction of sp³-hybridized carbons (Fsp3) is 0.100. The third-order valence-corrected chi connectivity index (χ3v) is 3.25. The van der Waals surface area contributed by atoms with Crippen LogP contribution in [-0.4, -0.2) is 29.8 Å². The summed E-state index contributed by atoms with van der Waals surface area (Å²) in [6, 6.07) is 6.64. The summed E-state index contributed by atoms with van der Waals surface area (Å²) in [7, 11) is -2.56. The standard InChI is InChI=1S/C10H11N3O4S/c1-11-9-6-10(14)13(12-9)7-2-4-8(5-3-7)18(15,16)17/h2-6,11-12H,1H3,(H,15,16,17). The lowest BCUT2D eigenvalue weighted by atomic mass is 10.3. The van der Waals surface area contributed by atoms with Gasteiger partial charge in [0.05, 0.1) is 10.6 Å². The van der Waals surface area contributed by atoms with Gasteiger partial charge in [-0.3, -0.25) is 14.4 Å². The molecule has 0 spiro atoms. The molecule has 18 heavy (non-hydrogen) atoms. The number of anilines is 1. The van der Waals surface area contributed by atoms with Crippen LogP contribution in [0.1, 0.15) is 0 Å². The Morgan fingerprint density at radius 1 is 1.28 bits per heavy atom. The van der Waals surface area contributed by atoms with Crippen LogP contribution in [0.25, 0.3) is 5.69 Å². The first-order valence-corrected chi connectivity index (χ1v) is 6.43. The maximum Gasteiger partial charge on any atom is 0.294 e. The van der Waals surface area contributed by atoms with Crippen molar-refractivity contribution in [1.82, 2.24) is 9.78 Å². The summed E-state index contributed by atoms with van der Waals surface area (Å²) in [5.41, 5.74) is 0.188. The normalized spacial score (nSPS) is 11.4. The largest absolute Gasteiger partial charge is 0.373 e. The molecule has 2 aromatic rings. The van der Waals surface area contributed by atoms with Crippen LogP contribution in [0, 0.1) is 0 Å². The highest BCUT2D eigenvalue weighted by molar-refractivity contribution is 7.85. The number of hydrogen-bond acceptors (Lipinski definition) is 4. The maximum atomic E-state index is 11.6. The van der Waals surface area contributed by atoms with Gasteiger partial charge in [0.25, 0.3) is 15.7 Å². The fourth-order valence-electron chi connectivity index (χ4n) is 1.48. The molecule has 0 saturated carbocycles. The van der Waals surface area contributed by atoms with E-state index in [9.17, 15) is 13.2 Å². The molecule has 1 heterocycles. The van der Waals surface area contributed by atoms with Gasteiger partial charge in [-0.05, 0) is 24.3 Å². The summed E-state index contributed by atoms with van der Waals surface area (Å²) < 4.78 is 31.8. The zero-order chi connectivity index (χ0) is 13.3. The van der Waals surface area contributed by atoms with E-state index in [4.69, 9.17) is 4.55 Å². The van der Waals surface area contributed by atoms with Crippen molar-refractivity contribution >= 4 is 15.9 Å². The Balaban J connectivity index is 2.46. The predicted molar refractivity (Wildman–Crippen MR) is 65.8 cm³/mol. The summed E-state index contributed by atoms with van der Waals surface area (Å²) in [4.78, 5) is 11.4. The molecule has 0 aliphatic rings. The van der Waals surface area contributed by atoms with E-state index >= 15 is 0 Å². The van der Waals surface area contributed by atoms with Crippen molar-refractivity contribution in [2.45, 2.75) is 4.90 Å². The van der Waals surface area contributed by atoms with E-state index in [1.807, 2.05) is 0 Å². The van der Waals surface area contributed by atoms with Crippen LogP contribution in [0.15, 0.2) is 40.0 Å². The van der Waals surface area contributed by atoms with Crippen LogP contribution in [0.2, 0.25) is 0 Å². The number of nitrogens with one attached hydrogen (secondary N) is 2. The quantitative estimate of drug-likeness (QED) is 0.702. The van der Waals surface area contributed by atoms with Crippen molar-refractivity contribution in [2.24, 2.45) is 0 Å². The van der Waals surface area contributed by atoms with E-state index in [0.29, 0.717) is 11.5 Å². The molecular weight excluding hydrogens is 258 g/mol. The molecule has 0 amide bonds. The van der Waals surface area contributed by atoms with Gasteiger partial charge >= 0.3 is 0 Å². The van der Waals surface area contributed by atoms with Gasteiger partial charge in [-0.2, -0.15) is 8.42 Å². The minimum atomic E-state index is -4.22. The lowest BCUT2D eigenvalue weighted by molar-refractivity contribution is 0.483. The summed E-state index contributed by atoms with van der Waals surface area (Å²) in [5.74, 6) is 0.541. The van der Waals surface area contributed by atoms with Crippen LogP contribution in [-0.2, 0) is 10.1 Å². The second-order valence-electron chi connectivity index (χ2n) is 3.56. The van der Waals surface area contributed by atoms with Gasteiger partial charge in [-0.25, -0.2) is 4.68 Å². The SMILES string of the molecule is CNc1cc(=O)n(-c2ccc(S(=O)(=O)O)cc2)[nH]1. The monoisotopic (exact) mass is 269 g/mol. The zero-order valence-electron chi connectivity index (χ0n) is 9.41. The molecular formula is C10H11N3O4S. The molecule has 0 radical (unpaired) electrons. The number of benzene rings is 1. The molecule has 3 N–H and O–H groups in total. The highest BCUT2D eigenvalue weighted by atomic mass is 32.2. The molecule has 0 aliphatic carbocycles. The van der Waals surface area contributed by atoms with E-state index in [1.165, 1.54) is 35.0 Å². The molecule has 1 aromatic heterocycles. The number of hydrogen-bond donors (Lipinski definition) is 3. The zero-order valence-corrected chi connectivity index (χ0v) is 10.2. The molecule has 0 saturated heterocycles. The molecule has 1 aromatic carbocycles. The van der Waals surface area contributed by atoms with Crippen LogP contribution < -0.4 is 10.9 Å².